The van der Waals surface area contributed by atoms with Crippen LogP contribution in [-0.4, -0.2) is 0 Å². The second-order valence-corrected chi connectivity index (χ2v) is 0. The van der Waals surface area contributed by atoms with Gasteiger partial charge in [0, 0.05) is 0 Å². The van der Waals surface area contributed by atoms with Gasteiger partial charge in [0.2, 0.25) is 0 Å². The fourth-order valence-electron chi connectivity index (χ4n) is 0. The summed E-state index contributed by atoms with van der Waals surface area (Å²) < 4.78 is 0. The minimum atomic E-state index is 0. The minimum Gasteiger partial charge on any atom is -2.00 e. The van der Waals surface area contributed by atoms with E-state index in [-0.39, 0.29) is 76.3 Å². The summed E-state index contributed by atoms with van der Waals surface area (Å²) in [6.45, 7) is 0. The quantitative estimate of drug-likeness (QED) is 0.531. The fourth-order valence-corrected chi connectivity index (χ4v) is 0. The normalized spacial score (nSPS) is 0. The molecule has 0 aliphatic rings. The molecule has 32 valence electrons. The second kappa shape index (κ2) is 39.9. The molecule has 0 saturated carbocycles. The van der Waals surface area contributed by atoms with Gasteiger partial charge in [0.1, 0.15) is 0 Å². The van der Waals surface area contributed by atoms with Gasteiger partial charge in [0.15, 0.2) is 0 Å². The SMILES string of the molecule is [Dy+2].[O-2].[O-2].[O-2].[Ti+4]. The zero-order valence-corrected chi connectivity index (χ0v) is 5.63. The largest absolute Gasteiger partial charge is 4.00 e. The predicted octanol–water partition coefficient (Wildman–Crippen LogP) is -0.359. The van der Waals surface area contributed by atoms with E-state index >= 15 is 0 Å². The molecule has 0 N–H and O–H groups in total. The van der Waals surface area contributed by atoms with Crippen molar-refractivity contribution in [2.45, 2.75) is 0 Å². The van der Waals surface area contributed by atoms with Crippen molar-refractivity contribution in [3.8, 4) is 0 Å². The predicted molar refractivity (Wildman–Crippen MR) is 2.06 cm³/mol. The zero-order valence-electron chi connectivity index (χ0n) is 2.04. The van der Waals surface area contributed by atoms with E-state index in [1.54, 1.807) is 0 Å². The van der Waals surface area contributed by atoms with Crippen molar-refractivity contribution in [3.63, 3.8) is 0 Å². The molecule has 0 saturated heterocycles. The molecular weight excluding hydrogens is 258 g/mol. The third kappa shape index (κ3) is 25.2. The maximum absolute atomic E-state index is 0. The van der Waals surface area contributed by atoms with E-state index in [2.05, 4.69) is 0 Å². The first-order chi connectivity index (χ1) is 0. The van der Waals surface area contributed by atoms with Gasteiger partial charge in [-0.3, -0.25) is 0 Å². The van der Waals surface area contributed by atoms with Gasteiger partial charge < -0.3 is 16.4 Å². The van der Waals surface area contributed by atoms with Gasteiger partial charge in [0.25, 0.3) is 0 Å². The van der Waals surface area contributed by atoms with E-state index < -0.39 is 0 Å². The molecule has 0 fully saturated rings. The Morgan fingerprint density at radius 1 is 0.600 bits per heavy atom. The van der Waals surface area contributed by atoms with Gasteiger partial charge in [-0.2, -0.15) is 0 Å². The fraction of sp³-hybridized carbons (Fsp3) is 0. The Balaban J connectivity index is 0. The maximum Gasteiger partial charge on any atom is 4.00 e. The number of hydrogen-bond acceptors (Lipinski definition) is 0. The summed E-state index contributed by atoms with van der Waals surface area (Å²) in [6, 6.07) is 0. The molecule has 5 heteroatoms. The molecule has 0 aliphatic carbocycles. The molecular formula is DyO3Ti. The molecule has 0 bridgehead atoms. The third-order valence-corrected chi connectivity index (χ3v) is 0. The Hall–Kier alpha value is 1.87. The Bertz CT molecular complexity index is 6.85. The Morgan fingerprint density at radius 2 is 0.600 bits per heavy atom. The standard InChI is InChI=1S/Dy.3O.Ti/q+2;3*-2;+4. The third-order valence-electron chi connectivity index (χ3n) is 0. The Kier molecular flexibility index (Phi) is 541. The van der Waals surface area contributed by atoms with Gasteiger partial charge in [0.05, 0.1) is 0 Å². The van der Waals surface area contributed by atoms with E-state index in [0.717, 1.165) is 0 Å². The van der Waals surface area contributed by atoms with Crippen molar-refractivity contribution < 1.29 is 76.3 Å². The summed E-state index contributed by atoms with van der Waals surface area (Å²) in [7, 11) is 0. The van der Waals surface area contributed by atoms with Crippen molar-refractivity contribution in [1.82, 2.24) is 0 Å². The van der Waals surface area contributed by atoms with Crippen LogP contribution in [0.5, 0.6) is 0 Å². The summed E-state index contributed by atoms with van der Waals surface area (Å²) in [5.74, 6) is 0. The van der Waals surface area contributed by atoms with Gasteiger partial charge >= 0.3 is 59.9 Å². The van der Waals surface area contributed by atoms with Crippen LogP contribution in [-0.2, 0) is 38.1 Å². The van der Waals surface area contributed by atoms with Gasteiger partial charge in [-0.15, -0.1) is 0 Å². The summed E-state index contributed by atoms with van der Waals surface area (Å²) in [6.07, 6.45) is 0. The average Bonchev–Trinajstić information content (AvgIpc) is 0. The average molecular weight is 258 g/mol. The maximum atomic E-state index is 0. The van der Waals surface area contributed by atoms with Gasteiger partial charge in [-0.25, -0.2) is 0 Å². The molecule has 3 nitrogen and oxygen atoms in total. The molecule has 0 aromatic carbocycles. The number of rotatable bonds is 0. The van der Waals surface area contributed by atoms with Crippen LogP contribution in [0.4, 0.5) is 0 Å². The molecule has 0 aromatic heterocycles. The molecule has 0 rings (SSSR count). The van der Waals surface area contributed by atoms with Crippen LogP contribution in [0.2, 0.25) is 0 Å². The van der Waals surface area contributed by atoms with Crippen LogP contribution < -0.4 is 0 Å². The van der Waals surface area contributed by atoms with Crippen LogP contribution in [0, 0.1) is 38.2 Å². The van der Waals surface area contributed by atoms with E-state index in [1.807, 2.05) is 0 Å². The van der Waals surface area contributed by atoms with Crippen LogP contribution in [0.3, 0.4) is 0 Å². The molecule has 0 amide bonds. The topological polar surface area (TPSA) is 85.5 Å². The molecule has 0 unspecified atom stereocenters. The first-order valence-electron chi connectivity index (χ1n) is 0. The number of hydrogen-bond donors (Lipinski definition) is 0. The van der Waals surface area contributed by atoms with Gasteiger partial charge in [-0.1, -0.05) is 0 Å². The Labute approximate surface area is 75.3 Å². The summed E-state index contributed by atoms with van der Waals surface area (Å²) in [5.41, 5.74) is 0. The summed E-state index contributed by atoms with van der Waals surface area (Å²) in [5, 5.41) is 0. The van der Waals surface area contributed by atoms with Crippen molar-refractivity contribution in [1.29, 1.82) is 0 Å². The van der Waals surface area contributed by atoms with Crippen LogP contribution in [0.1, 0.15) is 0 Å². The van der Waals surface area contributed by atoms with Crippen LogP contribution in [0.25, 0.3) is 0 Å². The summed E-state index contributed by atoms with van der Waals surface area (Å²) >= 11 is 0. The van der Waals surface area contributed by atoms with Gasteiger partial charge in [-0.05, 0) is 0 Å². The van der Waals surface area contributed by atoms with E-state index in [9.17, 15) is 0 Å². The van der Waals surface area contributed by atoms with Crippen molar-refractivity contribution >= 4 is 0 Å². The smallest absolute Gasteiger partial charge is 2.00 e. The monoisotopic (exact) mass is 260 g/mol. The first kappa shape index (κ1) is 67.8. The van der Waals surface area contributed by atoms with E-state index in [0.29, 0.717) is 0 Å². The first-order valence-corrected chi connectivity index (χ1v) is 0. The van der Waals surface area contributed by atoms with E-state index in [4.69, 9.17) is 0 Å². The molecule has 0 radical (unpaired) electrons. The molecule has 0 atom stereocenters. The molecule has 0 spiro atoms. The van der Waals surface area contributed by atoms with Crippen LogP contribution in [0.15, 0.2) is 0 Å². The molecule has 0 aliphatic heterocycles. The molecule has 0 heterocycles. The molecule has 0 aromatic rings. The van der Waals surface area contributed by atoms with Crippen molar-refractivity contribution in [2.24, 2.45) is 0 Å². The van der Waals surface area contributed by atoms with Crippen LogP contribution >= 0.6 is 0 Å². The minimum absolute atomic E-state index is 0. The Morgan fingerprint density at radius 3 is 0.600 bits per heavy atom. The zero-order chi connectivity index (χ0) is 0. The van der Waals surface area contributed by atoms with Crippen molar-refractivity contribution in [2.75, 3.05) is 0 Å². The second-order valence-electron chi connectivity index (χ2n) is 0. The van der Waals surface area contributed by atoms with Crippen molar-refractivity contribution in [3.05, 3.63) is 0 Å². The van der Waals surface area contributed by atoms with E-state index in [1.165, 1.54) is 0 Å². The summed E-state index contributed by atoms with van der Waals surface area (Å²) in [4.78, 5) is 0. The molecule has 5 heavy (non-hydrogen) atoms.